The second kappa shape index (κ2) is 29.4. The van der Waals surface area contributed by atoms with Gasteiger partial charge in [0.25, 0.3) is 16.1 Å². The number of phenolic OH excluding ortho intramolecular Hbond substituents is 1. The Kier molecular flexibility index (Phi) is 23.9. The van der Waals surface area contributed by atoms with Crippen molar-refractivity contribution in [2.24, 2.45) is 17.4 Å². The number of carbonyl (C=O) groups is 8. The fourth-order valence-electron chi connectivity index (χ4n) is 7.12. The molecule has 3 unspecified atom stereocenters. The van der Waals surface area contributed by atoms with E-state index in [0.717, 1.165) is 21.6 Å². The van der Waals surface area contributed by atoms with Gasteiger partial charge in [-0.1, -0.05) is 119 Å². The minimum Gasteiger partial charge on any atom is -0.508 e. The van der Waals surface area contributed by atoms with Crippen LogP contribution in [0.15, 0.2) is 84.9 Å². The zero-order chi connectivity index (χ0) is 53.7. The Morgan fingerprint density at radius 3 is 1.90 bits per heavy atom. The molecule has 23 nitrogen and oxygen atoms in total. The third kappa shape index (κ3) is 19.9. The predicted octanol–water partition coefficient (Wildman–Crippen LogP) is -0.205. The van der Waals surface area contributed by atoms with Crippen molar-refractivity contribution in [2.45, 2.75) is 108 Å². The maximum atomic E-state index is 14.7. The van der Waals surface area contributed by atoms with Crippen molar-refractivity contribution in [1.82, 2.24) is 41.1 Å². The Labute approximate surface area is 431 Å². The van der Waals surface area contributed by atoms with Crippen molar-refractivity contribution in [2.75, 3.05) is 18.1 Å². The van der Waals surface area contributed by atoms with Crippen LogP contribution in [0.1, 0.15) is 62.6 Å². The third-order valence-electron chi connectivity index (χ3n) is 11.2. The molecule has 1 aliphatic heterocycles. The number of benzene rings is 3. The number of carbonyl (C=O) groups excluding carboxylic acids is 6. The van der Waals surface area contributed by atoms with E-state index in [9.17, 15) is 62.1 Å². The maximum Gasteiger partial charge on any atom is 0.326 e. The highest BCUT2D eigenvalue weighted by atomic mass is 33.1. The molecule has 4 rings (SSSR count). The van der Waals surface area contributed by atoms with Gasteiger partial charge in [0.1, 0.15) is 42.0 Å². The topological polar surface area (TPSA) is 371 Å². The molecular weight excluding hydrogens is 1010 g/mol. The number of nitrogens with one attached hydrogen (secondary N) is 7. The highest BCUT2D eigenvalue weighted by Crippen LogP contribution is 2.24. The van der Waals surface area contributed by atoms with Gasteiger partial charge in [-0.05, 0) is 60.5 Å². The first-order chi connectivity index (χ1) is 34.7. The number of carboxylic acid groups (broad SMARTS) is 2. The summed E-state index contributed by atoms with van der Waals surface area (Å²) < 4.78 is 32.3. The number of phenols is 1. The van der Waals surface area contributed by atoms with E-state index in [4.69, 9.17) is 11.5 Å². The second-order valence-corrected chi connectivity index (χ2v) is 21.6. The van der Waals surface area contributed by atoms with Crippen LogP contribution in [0, 0.1) is 5.92 Å². The van der Waals surface area contributed by atoms with Gasteiger partial charge >= 0.3 is 11.9 Å². The zero-order valence-electron chi connectivity index (χ0n) is 40.2. The molecule has 0 aromatic heterocycles. The van der Waals surface area contributed by atoms with Crippen LogP contribution in [0.2, 0.25) is 0 Å². The molecule has 398 valence electrons. The van der Waals surface area contributed by atoms with Crippen molar-refractivity contribution in [3.8, 4) is 5.75 Å². The standard InChI is InChI=1S/C47H64N10O13S3/c1-28(2)40(47(67)68)54-45(65)38-27-72-71-26-37(52-41(61)33(49)20-21-39(59)60)44(64)51-36(23-29-11-5-3-6-12-29)46(66)55-57(25-31-13-7-4-8-14-31)73(69,70)56-34(15-9-10-22-48)42(62)50-35(43(63)53-38)24-30-16-18-32(58)19-17-30/h3-8,11-14,16-19,28,33-38,40,56,58H,9-10,15,20-27,48-49H2,1-2H3,(H,50,62)(H,51,64)(H,52,61)(H,53,63)(H,54,65)(H,55,66)(H,59,60)(H,67,68)/t33-,34-,35?,36?,37-,38?,40-/m0/s1. The smallest absolute Gasteiger partial charge is 0.326 e. The van der Waals surface area contributed by atoms with Crippen LogP contribution < -0.4 is 48.2 Å². The predicted molar refractivity (Wildman–Crippen MR) is 273 cm³/mol. The number of aliphatic carboxylic acids is 2. The number of hydrogen-bond donors (Lipinski definition) is 12. The van der Waals surface area contributed by atoms with Gasteiger partial charge in [-0.3, -0.25) is 39.0 Å². The summed E-state index contributed by atoms with van der Waals surface area (Å²) >= 11 is 0. The van der Waals surface area contributed by atoms with Gasteiger partial charge in [-0.15, -0.1) is 0 Å². The van der Waals surface area contributed by atoms with Crippen LogP contribution in [-0.4, -0.2) is 136 Å². The molecule has 0 saturated carbocycles. The first kappa shape index (κ1) is 59.3. The first-order valence-corrected chi connectivity index (χ1v) is 27.2. The minimum atomic E-state index is -4.96. The average molecular weight is 1070 g/mol. The average Bonchev–Trinajstić information content (AvgIpc) is 3.34. The number of aromatic hydroxyl groups is 1. The van der Waals surface area contributed by atoms with E-state index in [2.05, 4.69) is 36.7 Å². The summed E-state index contributed by atoms with van der Waals surface area (Å²) in [6.07, 6.45) is -0.843. The SMILES string of the molecule is CC(C)[C@H](NC(=O)C1CSSC[C@H](NC(=O)[C@@H](N)CCC(=O)O)C(=O)NC(Cc2ccccc2)C(=O)NN(Cc2ccccc2)S(=O)(=O)N[C@@H](CCCCN)C(=O)NC(Cc2ccc(O)cc2)C(=O)N1)C(=O)O. The molecule has 73 heavy (non-hydrogen) atoms. The Hall–Kier alpha value is -6.29. The van der Waals surface area contributed by atoms with Gasteiger partial charge in [0.2, 0.25) is 29.5 Å². The molecule has 1 aliphatic rings. The number of carboxylic acids is 2. The molecule has 1 fully saturated rings. The van der Waals surface area contributed by atoms with Crippen molar-refractivity contribution < 1.29 is 62.1 Å². The Balaban J connectivity index is 1.88. The molecule has 26 heteroatoms. The summed E-state index contributed by atoms with van der Waals surface area (Å²) in [4.78, 5) is 109. The molecule has 1 heterocycles. The van der Waals surface area contributed by atoms with Crippen LogP contribution in [0.25, 0.3) is 0 Å². The summed E-state index contributed by atoms with van der Waals surface area (Å²) in [6, 6.07) is 11.6. The molecule has 3 aromatic rings. The minimum absolute atomic E-state index is 0.105. The fraction of sp³-hybridized carbons (Fsp3) is 0.447. The molecule has 0 bridgehead atoms. The third-order valence-corrected chi connectivity index (χ3v) is 15.0. The molecular formula is C47H64N10O13S3. The van der Waals surface area contributed by atoms with Gasteiger partial charge in [0.15, 0.2) is 0 Å². The normalized spacial score (nSPS) is 21.5. The van der Waals surface area contributed by atoms with Crippen molar-refractivity contribution in [1.29, 1.82) is 0 Å². The van der Waals surface area contributed by atoms with E-state index >= 15 is 0 Å². The molecule has 0 aliphatic carbocycles. The van der Waals surface area contributed by atoms with Crippen LogP contribution in [0.5, 0.6) is 5.75 Å². The van der Waals surface area contributed by atoms with Crippen molar-refractivity contribution in [3.63, 3.8) is 0 Å². The van der Waals surface area contributed by atoms with Crippen LogP contribution in [0.4, 0.5) is 0 Å². The molecule has 7 atom stereocenters. The lowest BCUT2D eigenvalue weighted by atomic mass is 10.0. The lowest BCUT2D eigenvalue weighted by molar-refractivity contribution is -0.143. The van der Waals surface area contributed by atoms with Gasteiger partial charge in [-0.2, -0.15) is 13.1 Å². The number of nitrogens with zero attached hydrogens (tertiary/aromatic N) is 1. The number of nitrogens with two attached hydrogens (primary N) is 2. The molecule has 1 saturated heterocycles. The number of unbranched alkanes of at least 4 members (excludes halogenated alkanes) is 1. The van der Waals surface area contributed by atoms with E-state index in [1.54, 1.807) is 74.5 Å². The first-order valence-electron chi connectivity index (χ1n) is 23.3. The highest BCUT2D eigenvalue weighted by molar-refractivity contribution is 8.76. The van der Waals surface area contributed by atoms with Gasteiger partial charge in [0, 0.05) is 30.8 Å². The maximum absolute atomic E-state index is 14.7. The number of hydrazine groups is 1. The second-order valence-electron chi connectivity index (χ2n) is 17.4. The summed E-state index contributed by atoms with van der Waals surface area (Å²) in [7, 11) is -3.11. The lowest BCUT2D eigenvalue weighted by Crippen LogP contribution is -2.62. The van der Waals surface area contributed by atoms with Crippen LogP contribution in [0.3, 0.4) is 0 Å². The Morgan fingerprint density at radius 2 is 1.32 bits per heavy atom. The molecule has 0 radical (unpaired) electrons. The molecule has 0 spiro atoms. The summed E-state index contributed by atoms with van der Waals surface area (Å²) in [5.41, 5.74) is 15.5. The number of amides is 6. The molecule has 6 amide bonds. The van der Waals surface area contributed by atoms with Gasteiger partial charge < -0.3 is 53.4 Å². The van der Waals surface area contributed by atoms with E-state index in [-0.39, 0.29) is 55.9 Å². The van der Waals surface area contributed by atoms with E-state index < -0.39 is 119 Å². The van der Waals surface area contributed by atoms with E-state index in [1.807, 2.05) is 0 Å². The number of rotatable bonds is 19. The zero-order valence-corrected chi connectivity index (χ0v) is 42.7. The van der Waals surface area contributed by atoms with E-state index in [0.29, 0.717) is 27.5 Å². The van der Waals surface area contributed by atoms with Crippen LogP contribution in [-0.2, 0) is 68.0 Å². The number of hydrogen-bond acceptors (Lipinski definition) is 15. The molecule has 3 aromatic carbocycles. The van der Waals surface area contributed by atoms with Crippen LogP contribution >= 0.6 is 21.6 Å². The van der Waals surface area contributed by atoms with Gasteiger partial charge in [0.05, 0.1) is 12.6 Å². The quantitative estimate of drug-likeness (QED) is 0.0546. The summed E-state index contributed by atoms with van der Waals surface area (Å²) in [5, 5.41) is 41.9. The van der Waals surface area contributed by atoms with E-state index in [1.165, 1.54) is 24.3 Å². The molecule has 14 N–H and O–H groups in total. The fourth-order valence-corrected chi connectivity index (χ4v) is 10.7. The highest BCUT2D eigenvalue weighted by Gasteiger charge is 2.37. The van der Waals surface area contributed by atoms with Gasteiger partial charge in [-0.25, -0.2) is 4.79 Å². The summed E-state index contributed by atoms with van der Waals surface area (Å²) in [5.74, 6) is -9.71. The Morgan fingerprint density at radius 1 is 0.753 bits per heavy atom. The largest absolute Gasteiger partial charge is 0.508 e. The van der Waals surface area contributed by atoms with Crippen molar-refractivity contribution in [3.05, 3.63) is 102 Å². The lowest BCUT2D eigenvalue weighted by Gasteiger charge is -2.30. The monoisotopic (exact) mass is 1070 g/mol. The summed E-state index contributed by atoms with van der Waals surface area (Å²) in [6.45, 7) is 2.79. The Bertz CT molecular complexity index is 2460. The van der Waals surface area contributed by atoms with Crippen molar-refractivity contribution >= 4 is 79.2 Å².